The molecule has 0 unspecified atom stereocenters. The first-order chi connectivity index (χ1) is 18.6. The fraction of sp³-hybridized carbons (Fsp3) is 0.548. The average Bonchev–Trinajstić information content (AvgIpc) is 3.62. The Morgan fingerprint density at radius 1 is 0.947 bits per heavy atom. The smallest absolute Gasteiger partial charge is 0.253 e. The molecule has 2 saturated carbocycles. The molecular weight excluding hydrogens is 474 g/mol. The average molecular weight is 516 g/mol. The zero-order valence-electron chi connectivity index (χ0n) is 22.9. The Hall–Kier alpha value is -3.06. The molecule has 3 aromatic rings. The van der Waals surface area contributed by atoms with Crippen LogP contribution in [0.15, 0.2) is 30.3 Å². The Labute approximate surface area is 225 Å². The third-order valence-corrected chi connectivity index (χ3v) is 8.95. The summed E-state index contributed by atoms with van der Waals surface area (Å²) in [6, 6.07) is 11.3. The van der Waals surface area contributed by atoms with Gasteiger partial charge in [-0.05, 0) is 80.8 Å². The monoisotopic (exact) mass is 515 g/mol. The number of nitrogens with zero attached hydrogens (tertiary/aromatic N) is 3. The summed E-state index contributed by atoms with van der Waals surface area (Å²) in [5.74, 6) is 0.875. The topological polar surface area (TPSA) is 73.5 Å². The number of hydrogen-bond donors (Lipinski definition) is 2. The van der Waals surface area contributed by atoms with Crippen LogP contribution in [0.2, 0.25) is 0 Å². The standard InChI is InChI=1S/C31H41N5O2/c1-21-30-27(34-33-21)18-23(20-29(30)38-25-10-6-7-11-25)22-12-13-26(31(37)32-2)28(19-22)36-16-14-35(15-17-36)24-8-4-3-5-9-24/h12-13,18-20,24-25H,3-11,14-17H2,1-2H3,(H,32,37)(H,33,34). The molecule has 1 saturated heterocycles. The number of aryl methyl sites for hydroxylation is 1. The van der Waals surface area contributed by atoms with Crippen molar-refractivity contribution >= 4 is 22.5 Å². The van der Waals surface area contributed by atoms with Crippen LogP contribution in [0, 0.1) is 6.92 Å². The maximum absolute atomic E-state index is 12.9. The quantitative estimate of drug-likeness (QED) is 0.442. The number of nitrogens with one attached hydrogen (secondary N) is 2. The van der Waals surface area contributed by atoms with Crippen LogP contribution in [0.3, 0.4) is 0 Å². The molecule has 0 spiro atoms. The van der Waals surface area contributed by atoms with Gasteiger partial charge in [-0.3, -0.25) is 14.8 Å². The van der Waals surface area contributed by atoms with Gasteiger partial charge in [0, 0.05) is 39.3 Å². The number of benzene rings is 2. The van der Waals surface area contributed by atoms with Gasteiger partial charge in [0.2, 0.25) is 0 Å². The molecule has 202 valence electrons. The first-order valence-electron chi connectivity index (χ1n) is 14.6. The summed E-state index contributed by atoms with van der Waals surface area (Å²) in [4.78, 5) is 18.0. The molecule has 7 nitrogen and oxygen atoms in total. The molecule has 0 bridgehead atoms. The van der Waals surface area contributed by atoms with Crippen LogP contribution in [0.1, 0.15) is 73.8 Å². The van der Waals surface area contributed by atoms with E-state index in [1.807, 2.05) is 13.0 Å². The summed E-state index contributed by atoms with van der Waals surface area (Å²) in [6.45, 7) is 6.03. The maximum Gasteiger partial charge on any atom is 0.253 e. The predicted octanol–water partition coefficient (Wildman–Crippen LogP) is 5.67. The van der Waals surface area contributed by atoms with E-state index in [1.165, 1.54) is 44.9 Å². The lowest BCUT2D eigenvalue weighted by atomic mass is 9.93. The first kappa shape index (κ1) is 25.2. The van der Waals surface area contributed by atoms with E-state index in [0.717, 1.165) is 89.8 Å². The Balaban J connectivity index is 1.32. The van der Waals surface area contributed by atoms with Gasteiger partial charge in [-0.15, -0.1) is 0 Å². The molecule has 3 aliphatic rings. The van der Waals surface area contributed by atoms with Crippen molar-refractivity contribution in [3.8, 4) is 16.9 Å². The first-order valence-corrected chi connectivity index (χ1v) is 14.6. The van der Waals surface area contributed by atoms with Crippen LogP contribution in [-0.2, 0) is 0 Å². The van der Waals surface area contributed by atoms with E-state index in [0.29, 0.717) is 0 Å². The summed E-state index contributed by atoms with van der Waals surface area (Å²) in [6.07, 6.45) is 11.7. The fourth-order valence-corrected chi connectivity index (χ4v) is 6.80. The van der Waals surface area contributed by atoms with E-state index < -0.39 is 0 Å². The van der Waals surface area contributed by atoms with Crippen LogP contribution < -0.4 is 15.0 Å². The zero-order chi connectivity index (χ0) is 26.1. The molecule has 6 rings (SSSR count). The van der Waals surface area contributed by atoms with E-state index in [1.54, 1.807) is 7.05 Å². The summed E-state index contributed by atoms with van der Waals surface area (Å²) >= 11 is 0. The number of piperazine rings is 1. The molecule has 0 radical (unpaired) electrons. The van der Waals surface area contributed by atoms with Gasteiger partial charge in [-0.25, -0.2) is 0 Å². The number of carbonyl (C=O) groups excluding carboxylic acids is 1. The normalized spacial score (nSPS) is 19.8. The van der Waals surface area contributed by atoms with Crippen molar-refractivity contribution < 1.29 is 9.53 Å². The highest BCUT2D eigenvalue weighted by molar-refractivity contribution is 6.01. The molecule has 0 atom stereocenters. The number of fused-ring (bicyclic) bond motifs is 1. The molecule has 1 aliphatic heterocycles. The van der Waals surface area contributed by atoms with Crippen molar-refractivity contribution in [1.82, 2.24) is 20.4 Å². The van der Waals surface area contributed by atoms with Crippen LogP contribution in [0.25, 0.3) is 22.0 Å². The summed E-state index contributed by atoms with van der Waals surface area (Å²) in [5, 5.41) is 11.6. The molecule has 2 aliphatic carbocycles. The largest absolute Gasteiger partial charge is 0.490 e. The Kier molecular flexibility index (Phi) is 7.28. The van der Waals surface area contributed by atoms with Gasteiger partial charge in [0.15, 0.2) is 0 Å². The fourth-order valence-electron chi connectivity index (χ4n) is 6.80. The Bertz CT molecular complexity index is 1280. The summed E-state index contributed by atoms with van der Waals surface area (Å²) in [7, 11) is 1.71. The van der Waals surface area contributed by atoms with Crippen LogP contribution in [0.5, 0.6) is 5.75 Å². The van der Waals surface area contributed by atoms with Gasteiger partial charge >= 0.3 is 0 Å². The second-order valence-corrected chi connectivity index (χ2v) is 11.4. The number of hydrogen-bond acceptors (Lipinski definition) is 5. The van der Waals surface area contributed by atoms with Gasteiger partial charge < -0.3 is 15.0 Å². The van der Waals surface area contributed by atoms with Gasteiger partial charge in [-0.1, -0.05) is 25.3 Å². The van der Waals surface area contributed by atoms with Crippen molar-refractivity contribution in [2.45, 2.75) is 76.9 Å². The van der Waals surface area contributed by atoms with Crippen molar-refractivity contribution in [2.24, 2.45) is 0 Å². The highest BCUT2D eigenvalue weighted by Gasteiger charge is 2.27. The number of carbonyl (C=O) groups is 1. The highest BCUT2D eigenvalue weighted by Crippen LogP contribution is 2.38. The lowest BCUT2D eigenvalue weighted by molar-refractivity contribution is 0.0963. The molecule has 38 heavy (non-hydrogen) atoms. The van der Waals surface area contributed by atoms with E-state index in [4.69, 9.17) is 4.74 Å². The number of ether oxygens (including phenoxy) is 1. The molecule has 1 amide bonds. The second kappa shape index (κ2) is 11.0. The lowest BCUT2D eigenvalue weighted by Crippen LogP contribution is -2.51. The van der Waals surface area contributed by atoms with Gasteiger partial charge in [0.1, 0.15) is 5.75 Å². The van der Waals surface area contributed by atoms with E-state index in [-0.39, 0.29) is 12.0 Å². The number of amides is 1. The predicted molar refractivity (Wildman–Crippen MR) is 153 cm³/mol. The summed E-state index contributed by atoms with van der Waals surface area (Å²) in [5.41, 5.74) is 5.89. The molecule has 2 aromatic carbocycles. The molecule has 2 N–H and O–H groups in total. The van der Waals surface area contributed by atoms with E-state index in [9.17, 15) is 4.79 Å². The van der Waals surface area contributed by atoms with Crippen molar-refractivity contribution in [1.29, 1.82) is 0 Å². The Morgan fingerprint density at radius 2 is 1.68 bits per heavy atom. The SMILES string of the molecule is CNC(=O)c1ccc(-c2cc(OC3CCCC3)c3c(C)n[nH]c3c2)cc1N1CCN(C2CCCCC2)CC1. The van der Waals surface area contributed by atoms with Gasteiger partial charge in [0.25, 0.3) is 5.91 Å². The molecule has 3 fully saturated rings. The number of rotatable bonds is 6. The van der Waals surface area contributed by atoms with Crippen LogP contribution in [-0.4, -0.2) is 66.4 Å². The van der Waals surface area contributed by atoms with Crippen LogP contribution >= 0.6 is 0 Å². The number of aromatic nitrogens is 2. The lowest BCUT2D eigenvalue weighted by Gasteiger charge is -2.42. The minimum Gasteiger partial charge on any atom is -0.490 e. The number of H-pyrrole nitrogens is 1. The maximum atomic E-state index is 12.9. The van der Waals surface area contributed by atoms with Crippen molar-refractivity contribution in [3.05, 3.63) is 41.6 Å². The summed E-state index contributed by atoms with van der Waals surface area (Å²) < 4.78 is 6.55. The molecule has 2 heterocycles. The zero-order valence-corrected chi connectivity index (χ0v) is 22.9. The molecule has 1 aromatic heterocycles. The van der Waals surface area contributed by atoms with E-state index in [2.05, 4.69) is 49.6 Å². The van der Waals surface area contributed by atoms with Crippen molar-refractivity contribution in [2.75, 3.05) is 38.1 Å². The minimum atomic E-state index is -0.0360. The third-order valence-electron chi connectivity index (χ3n) is 8.95. The van der Waals surface area contributed by atoms with Crippen molar-refractivity contribution in [3.63, 3.8) is 0 Å². The second-order valence-electron chi connectivity index (χ2n) is 11.4. The highest BCUT2D eigenvalue weighted by atomic mass is 16.5. The Morgan fingerprint density at radius 3 is 2.42 bits per heavy atom. The van der Waals surface area contributed by atoms with E-state index >= 15 is 0 Å². The van der Waals surface area contributed by atoms with Crippen LogP contribution in [0.4, 0.5) is 5.69 Å². The third kappa shape index (κ3) is 5.00. The molecule has 7 heteroatoms. The molecular formula is C31H41N5O2. The number of anilines is 1. The van der Waals surface area contributed by atoms with Gasteiger partial charge in [-0.2, -0.15) is 5.10 Å². The minimum absolute atomic E-state index is 0.0360. The number of aromatic amines is 1. The van der Waals surface area contributed by atoms with Gasteiger partial charge in [0.05, 0.1) is 34.0 Å².